The molecule has 33 heavy (non-hydrogen) atoms. The van der Waals surface area contributed by atoms with Crippen molar-refractivity contribution < 1.29 is 26.2 Å². The van der Waals surface area contributed by atoms with E-state index < -0.39 is 33.3 Å². The lowest BCUT2D eigenvalue weighted by Crippen LogP contribution is -2.41. The summed E-state index contributed by atoms with van der Waals surface area (Å²) in [6.45, 7) is 0. The first kappa shape index (κ1) is 22.3. The average Bonchev–Trinajstić information content (AvgIpc) is 2.98. The van der Waals surface area contributed by atoms with E-state index in [-0.39, 0.29) is 34.0 Å². The van der Waals surface area contributed by atoms with Crippen LogP contribution in [0.25, 0.3) is 11.1 Å². The standard InChI is InChI=1S/C22H18F2N4O4S/c1-28-20(29)22(27-21(28)25,13-5-3-6-15(11-13)32-33(2,30)31)14-8-9-18(23)17(12-14)16-7-4-10-26-19(16)24/h3-12H,1-2H3,(H2,25,27). The number of guanidine groups is 1. The van der Waals surface area contributed by atoms with Crippen molar-refractivity contribution in [3.05, 3.63) is 83.7 Å². The van der Waals surface area contributed by atoms with Gasteiger partial charge in [-0.05, 0) is 47.5 Å². The van der Waals surface area contributed by atoms with Gasteiger partial charge in [0.05, 0.1) is 6.26 Å². The molecule has 0 aliphatic carbocycles. The largest absolute Gasteiger partial charge is 0.383 e. The van der Waals surface area contributed by atoms with E-state index in [0.717, 1.165) is 17.2 Å². The summed E-state index contributed by atoms with van der Waals surface area (Å²) in [5.41, 5.74) is 4.35. The summed E-state index contributed by atoms with van der Waals surface area (Å²) in [5.74, 6) is -2.34. The van der Waals surface area contributed by atoms with Gasteiger partial charge in [-0.1, -0.05) is 18.2 Å². The Hall–Kier alpha value is -3.86. The van der Waals surface area contributed by atoms with Gasteiger partial charge in [-0.15, -0.1) is 0 Å². The number of benzene rings is 2. The second-order valence-corrected chi connectivity index (χ2v) is 8.97. The molecule has 1 atom stereocenters. The molecule has 2 aromatic carbocycles. The molecule has 11 heteroatoms. The molecular formula is C22H18F2N4O4S. The van der Waals surface area contributed by atoms with E-state index in [9.17, 15) is 22.0 Å². The number of aliphatic imine (C=N–C) groups is 1. The number of carbonyl (C=O) groups is 1. The maximum Gasteiger partial charge on any atom is 0.306 e. The van der Waals surface area contributed by atoms with Crippen LogP contribution in [0.15, 0.2) is 65.8 Å². The lowest BCUT2D eigenvalue weighted by atomic mass is 9.81. The zero-order valence-corrected chi connectivity index (χ0v) is 18.3. The van der Waals surface area contributed by atoms with Crippen LogP contribution in [-0.4, -0.2) is 43.5 Å². The molecule has 2 N–H and O–H groups in total. The molecule has 1 amide bonds. The molecule has 1 aliphatic heterocycles. The van der Waals surface area contributed by atoms with Gasteiger partial charge in [-0.25, -0.2) is 14.4 Å². The predicted octanol–water partition coefficient (Wildman–Crippen LogP) is 2.40. The zero-order valence-electron chi connectivity index (χ0n) is 17.5. The quantitative estimate of drug-likeness (QED) is 0.451. The highest BCUT2D eigenvalue weighted by molar-refractivity contribution is 7.86. The molecule has 4 rings (SSSR count). The smallest absolute Gasteiger partial charge is 0.306 e. The van der Waals surface area contributed by atoms with Crippen LogP contribution in [0.3, 0.4) is 0 Å². The third kappa shape index (κ3) is 3.91. The highest BCUT2D eigenvalue weighted by Gasteiger charge is 2.50. The van der Waals surface area contributed by atoms with Gasteiger partial charge in [-0.2, -0.15) is 12.8 Å². The Morgan fingerprint density at radius 2 is 1.76 bits per heavy atom. The maximum atomic E-state index is 14.7. The van der Waals surface area contributed by atoms with Crippen molar-refractivity contribution in [2.75, 3.05) is 13.3 Å². The number of halogens is 2. The number of nitrogens with zero attached hydrogens (tertiary/aromatic N) is 3. The van der Waals surface area contributed by atoms with Crippen LogP contribution < -0.4 is 9.92 Å². The molecule has 2 heterocycles. The van der Waals surface area contributed by atoms with Gasteiger partial charge >= 0.3 is 10.1 Å². The number of aromatic nitrogens is 1. The minimum atomic E-state index is -3.84. The molecule has 1 aromatic heterocycles. The average molecular weight is 472 g/mol. The van der Waals surface area contributed by atoms with Crippen LogP contribution in [0.5, 0.6) is 5.75 Å². The zero-order chi connectivity index (χ0) is 24.0. The molecule has 3 aromatic rings. The van der Waals surface area contributed by atoms with Crippen molar-refractivity contribution in [1.82, 2.24) is 9.88 Å². The summed E-state index contributed by atoms with van der Waals surface area (Å²) < 4.78 is 57.2. The number of pyridine rings is 1. The Balaban J connectivity index is 1.97. The topological polar surface area (TPSA) is 115 Å². The Labute approximate surface area is 188 Å². The minimum absolute atomic E-state index is 0.0499. The van der Waals surface area contributed by atoms with E-state index in [1.165, 1.54) is 61.8 Å². The highest BCUT2D eigenvalue weighted by Crippen LogP contribution is 2.42. The molecule has 0 fully saturated rings. The number of nitrogens with two attached hydrogens (primary N) is 1. The summed E-state index contributed by atoms with van der Waals surface area (Å²) in [5, 5.41) is 0. The molecule has 170 valence electrons. The molecule has 0 bridgehead atoms. The Kier molecular flexibility index (Phi) is 5.36. The van der Waals surface area contributed by atoms with E-state index in [2.05, 4.69) is 9.98 Å². The first-order valence-electron chi connectivity index (χ1n) is 9.57. The van der Waals surface area contributed by atoms with Crippen LogP contribution in [0.1, 0.15) is 11.1 Å². The fourth-order valence-corrected chi connectivity index (χ4v) is 4.13. The van der Waals surface area contributed by atoms with E-state index >= 15 is 0 Å². The van der Waals surface area contributed by atoms with Crippen molar-refractivity contribution in [3.8, 4) is 16.9 Å². The predicted molar refractivity (Wildman–Crippen MR) is 117 cm³/mol. The summed E-state index contributed by atoms with van der Waals surface area (Å²) in [7, 11) is -2.42. The fraction of sp³-hybridized carbons (Fsp3) is 0.136. The number of carbonyl (C=O) groups excluding carboxylic acids is 1. The number of hydrogen-bond donors (Lipinski definition) is 1. The normalized spacial score (nSPS) is 18.4. The maximum absolute atomic E-state index is 14.7. The van der Waals surface area contributed by atoms with Gasteiger partial charge in [-0.3, -0.25) is 9.69 Å². The molecule has 0 saturated heterocycles. The van der Waals surface area contributed by atoms with E-state index in [0.29, 0.717) is 0 Å². The minimum Gasteiger partial charge on any atom is -0.383 e. The fourth-order valence-electron chi connectivity index (χ4n) is 3.68. The highest BCUT2D eigenvalue weighted by atomic mass is 32.2. The van der Waals surface area contributed by atoms with Gasteiger partial charge in [0, 0.05) is 24.4 Å². The molecule has 0 spiro atoms. The van der Waals surface area contributed by atoms with Crippen LogP contribution in [0.2, 0.25) is 0 Å². The van der Waals surface area contributed by atoms with Crippen molar-refractivity contribution in [2.24, 2.45) is 10.7 Å². The van der Waals surface area contributed by atoms with E-state index in [4.69, 9.17) is 9.92 Å². The Bertz CT molecular complexity index is 1410. The molecular weight excluding hydrogens is 454 g/mol. The van der Waals surface area contributed by atoms with Crippen molar-refractivity contribution >= 4 is 22.0 Å². The van der Waals surface area contributed by atoms with Gasteiger partial charge < -0.3 is 9.92 Å². The van der Waals surface area contributed by atoms with Crippen LogP contribution in [0, 0.1) is 11.8 Å². The summed E-state index contributed by atoms with van der Waals surface area (Å²) in [6.07, 6.45) is 2.12. The molecule has 1 aliphatic rings. The first-order valence-corrected chi connectivity index (χ1v) is 11.4. The van der Waals surface area contributed by atoms with Gasteiger partial charge in [0.25, 0.3) is 5.91 Å². The lowest BCUT2D eigenvalue weighted by molar-refractivity contribution is -0.129. The van der Waals surface area contributed by atoms with E-state index in [1.54, 1.807) is 0 Å². The number of amides is 1. The van der Waals surface area contributed by atoms with Gasteiger partial charge in [0.15, 0.2) is 11.5 Å². The lowest BCUT2D eigenvalue weighted by Gasteiger charge is -2.27. The second-order valence-electron chi connectivity index (χ2n) is 7.40. The van der Waals surface area contributed by atoms with Crippen LogP contribution >= 0.6 is 0 Å². The third-order valence-corrected chi connectivity index (χ3v) is 5.67. The monoisotopic (exact) mass is 472 g/mol. The Morgan fingerprint density at radius 3 is 2.39 bits per heavy atom. The Morgan fingerprint density at radius 1 is 1.03 bits per heavy atom. The van der Waals surface area contributed by atoms with Crippen molar-refractivity contribution in [3.63, 3.8) is 0 Å². The van der Waals surface area contributed by atoms with Crippen molar-refractivity contribution in [2.45, 2.75) is 5.54 Å². The molecule has 1 unspecified atom stereocenters. The summed E-state index contributed by atoms with van der Waals surface area (Å²) in [4.78, 5) is 22.5. The second kappa shape index (κ2) is 7.93. The van der Waals surface area contributed by atoms with Crippen molar-refractivity contribution in [1.29, 1.82) is 0 Å². The van der Waals surface area contributed by atoms with Crippen LogP contribution in [0.4, 0.5) is 8.78 Å². The third-order valence-electron chi connectivity index (χ3n) is 5.17. The molecule has 0 radical (unpaired) electrons. The number of likely N-dealkylation sites (N-methyl/N-ethyl adjacent to an activating group) is 1. The molecule has 0 saturated carbocycles. The van der Waals surface area contributed by atoms with E-state index in [1.807, 2.05) is 0 Å². The van der Waals surface area contributed by atoms with Crippen LogP contribution in [-0.2, 0) is 20.5 Å². The summed E-state index contributed by atoms with van der Waals surface area (Å²) >= 11 is 0. The SMILES string of the molecule is CN1C(=O)C(c2cccc(OS(C)(=O)=O)c2)(c2ccc(F)c(-c3cccnc3F)c2)N=C1N. The van der Waals surface area contributed by atoms with Gasteiger partial charge in [0.1, 0.15) is 11.6 Å². The first-order chi connectivity index (χ1) is 15.5. The van der Waals surface area contributed by atoms with Gasteiger partial charge in [0.2, 0.25) is 5.95 Å². The summed E-state index contributed by atoms with van der Waals surface area (Å²) in [6, 6.07) is 12.3. The number of rotatable bonds is 5. The molecule has 8 nitrogen and oxygen atoms in total. The number of hydrogen-bond acceptors (Lipinski definition) is 7.